The monoisotopic (exact) mass is 548 g/mol. The lowest BCUT2D eigenvalue weighted by atomic mass is 9.46. The van der Waals surface area contributed by atoms with Crippen LogP contribution in [-0.2, 0) is 28.5 Å². The Kier molecular flexibility index (Phi) is 4.11. The highest BCUT2D eigenvalue weighted by atomic mass is 16.7. The highest BCUT2D eigenvalue weighted by molar-refractivity contribution is 5.98. The van der Waals surface area contributed by atoms with E-state index in [0.29, 0.717) is 30.4 Å². The molecular weight excluding hydrogens is 520 g/mol. The molecule has 2 spiro atoms. The Morgan fingerprint density at radius 1 is 1.07 bits per heavy atom. The number of esters is 2. The molecule has 2 saturated carbocycles. The molecule has 0 amide bonds. The molecule has 9 atom stereocenters. The van der Waals surface area contributed by atoms with E-state index in [-0.39, 0.29) is 53.2 Å². The number of epoxide rings is 3. The van der Waals surface area contributed by atoms with E-state index in [1.807, 2.05) is 0 Å². The normalized spacial score (nSPS) is 46.3. The zero-order valence-electron chi connectivity index (χ0n) is 22.2. The van der Waals surface area contributed by atoms with Crippen molar-refractivity contribution in [2.75, 3.05) is 0 Å². The number of carbonyl (C=O) groups excluding carboxylic acids is 2. The van der Waals surface area contributed by atoms with Crippen LogP contribution in [0.4, 0.5) is 0 Å². The first-order valence-corrected chi connectivity index (χ1v) is 13.9. The van der Waals surface area contributed by atoms with E-state index in [4.69, 9.17) is 32.5 Å². The van der Waals surface area contributed by atoms with Crippen LogP contribution in [0.3, 0.4) is 0 Å². The molecule has 10 heteroatoms. The lowest BCUT2D eigenvalue weighted by Crippen LogP contribution is -2.69. The number of rotatable bonds is 4. The van der Waals surface area contributed by atoms with E-state index in [1.165, 1.54) is 18.6 Å². The van der Waals surface area contributed by atoms with Crippen LogP contribution < -0.4 is 0 Å². The van der Waals surface area contributed by atoms with Crippen LogP contribution >= 0.6 is 0 Å². The summed E-state index contributed by atoms with van der Waals surface area (Å²) in [6.07, 6.45) is 3.02. The molecule has 40 heavy (non-hydrogen) atoms. The molecule has 4 aliphatic heterocycles. The van der Waals surface area contributed by atoms with Crippen LogP contribution in [-0.4, -0.2) is 58.3 Å². The largest absolute Gasteiger partial charge is 0.461 e. The van der Waals surface area contributed by atoms with Crippen LogP contribution in [0, 0.1) is 17.3 Å². The Balaban J connectivity index is 1.17. The predicted molar refractivity (Wildman–Crippen MR) is 132 cm³/mol. The minimum absolute atomic E-state index is 0.00729. The van der Waals surface area contributed by atoms with Crippen LogP contribution in [0.15, 0.2) is 62.5 Å². The molecule has 5 fully saturated rings. The van der Waals surface area contributed by atoms with Crippen LogP contribution in [0.25, 0.3) is 5.76 Å². The van der Waals surface area contributed by atoms with Crippen LogP contribution in [0.2, 0.25) is 0 Å². The minimum atomic E-state index is -0.846. The number of cyclic esters (lactones) is 1. The van der Waals surface area contributed by atoms with Gasteiger partial charge in [-0.1, -0.05) is 20.8 Å². The van der Waals surface area contributed by atoms with E-state index in [2.05, 4.69) is 20.8 Å². The minimum Gasteiger partial charge on any atom is -0.461 e. The number of aliphatic hydroxyl groups is 1. The summed E-state index contributed by atoms with van der Waals surface area (Å²) in [5.41, 5.74) is -1.51. The standard InChI is InChI=1S/C30H28O10/c1-13(2)28-22(39-28)23-30(40-23)27(3)9-8-14-19(15(27)12-18-29(30,38-18)26(28)33)21(37-24(14)31)20(16-6-4-10-34-16)36-25(32)17-7-5-11-35-17/h4-7,10-11,13,15,18,22-23,26,33H,8-9,12H2,1-3H3/b21-20+/t15-,18-,22-,23-,26+,27-,28-,29+,30+/m0/s1. The Labute approximate surface area is 228 Å². The number of hydrogen-bond donors (Lipinski definition) is 1. The lowest BCUT2D eigenvalue weighted by Gasteiger charge is -2.53. The van der Waals surface area contributed by atoms with Crippen molar-refractivity contribution in [1.82, 2.24) is 0 Å². The molecule has 10 nitrogen and oxygen atoms in total. The Hall–Kier alpha value is -3.18. The second-order valence-electron chi connectivity index (χ2n) is 12.6. The molecular formula is C30H28O10. The van der Waals surface area contributed by atoms with Crippen molar-refractivity contribution in [3.8, 4) is 0 Å². The average molecular weight is 549 g/mol. The number of ether oxygens (including phenoxy) is 5. The van der Waals surface area contributed by atoms with E-state index in [1.54, 1.807) is 18.2 Å². The third kappa shape index (κ3) is 2.36. The maximum Gasteiger partial charge on any atom is 0.379 e. The highest BCUT2D eigenvalue weighted by Crippen LogP contribution is 2.83. The molecule has 2 aromatic heterocycles. The quantitative estimate of drug-likeness (QED) is 0.343. The average Bonchev–Trinajstić information content (AvgIpc) is 3.84. The van der Waals surface area contributed by atoms with Crippen LogP contribution in [0.5, 0.6) is 0 Å². The molecule has 0 unspecified atom stereocenters. The van der Waals surface area contributed by atoms with Gasteiger partial charge in [0, 0.05) is 16.6 Å². The maximum absolute atomic E-state index is 13.3. The zero-order valence-corrected chi connectivity index (χ0v) is 22.2. The fraction of sp³-hybridized carbons (Fsp3) is 0.533. The van der Waals surface area contributed by atoms with E-state index in [0.717, 1.165) is 0 Å². The molecule has 3 aliphatic carbocycles. The van der Waals surface area contributed by atoms with Crippen molar-refractivity contribution < 1.29 is 47.2 Å². The molecule has 9 rings (SSSR count). The number of aliphatic hydroxyl groups excluding tert-OH is 1. The van der Waals surface area contributed by atoms with Gasteiger partial charge in [-0.05, 0) is 55.4 Å². The van der Waals surface area contributed by atoms with Gasteiger partial charge in [-0.15, -0.1) is 0 Å². The van der Waals surface area contributed by atoms with Crippen molar-refractivity contribution >= 4 is 17.7 Å². The highest BCUT2D eigenvalue weighted by Gasteiger charge is 3.00. The first kappa shape index (κ1) is 23.5. The van der Waals surface area contributed by atoms with Gasteiger partial charge in [0.05, 0.1) is 18.6 Å². The summed E-state index contributed by atoms with van der Waals surface area (Å²) in [4.78, 5) is 26.2. The lowest BCUT2D eigenvalue weighted by molar-refractivity contribution is -0.133. The van der Waals surface area contributed by atoms with Crippen molar-refractivity contribution in [3.63, 3.8) is 0 Å². The van der Waals surface area contributed by atoms with Gasteiger partial charge >= 0.3 is 11.9 Å². The molecule has 7 aliphatic rings. The summed E-state index contributed by atoms with van der Waals surface area (Å²) in [5.74, 6) is -0.870. The van der Waals surface area contributed by atoms with Gasteiger partial charge in [-0.2, -0.15) is 0 Å². The molecule has 6 heterocycles. The Morgan fingerprint density at radius 2 is 1.82 bits per heavy atom. The fourth-order valence-corrected chi connectivity index (χ4v) is 8.97. The number of fused-ring (bicyclic) bond motifs is 4. The molecule has 0 bridgehead atoms. The van der Waals surface area contributed by atoms with E-state index in [9.17, 15) is 14.7 Å². The van der Waals surface area contributed by atoms with Gasteiger partial charge in [0.2, 0.25) is 11.5 Å². The van der Waals surface area contributed by atoms with Gasteiger partial charge in [-0.3, -0.25) is 0 Å². The summed E-state index contributed by atoms with van der Waals surface area (Å²) in [6, 6.07) is 6.40. The van der Waals surface area contributed by atoms with Gasteiger partial charge in [0.15, 0.2) is 17.1 Å². The van der Waals surface area contributed by atoms with Gasteiger partial charge in [0.1, 0.15) is 29.5 Å². The Bertz CT molecular complexity index is 1550. The molecule has 2 aromatic rings. The molecule has 0 aromatic carbocycles. The predicted octanol–water partition coefficient (Wildman–Crippen LogP) is 3.51. The van der Waals surface area contributed by atoms with Gasteiger partial charge in [-0.25, -0.2) is 9.59 Å². The zero-order chi connectivity index (χ0) is 27.4. The number of carbonyl (C=O) groups is 2. The third-order valence-corrected chi connectivity index (χ3v) is 10.9. The molecule has 208 valence electrons. The molecule has 0 radical (unpaired) electrons. The van der Waals surface area contributed by atoms with Gasteiger partial charge in [0.25, 0.3) is 0 Å². The molecule has 1 N–H and O–H groups in total. The Morgan fingerprint density at radius 3 is 2.52 bits per heavy atom. The summed E-state index contributed by atoms with van der Waals surface area (Å²) in [7, 11) is 0. The SMILES string of the molecule is CC(C)[C@]12O[C@H]1[C@@H]1O[C@]13[C@]1(O[C@H]1C[C@H]1C4=C(CC[C@@]13C)C(=O)O/C4=C(/OC(=O)c1ccco1)c1ccco1)[C@@H]2O. The summed E-state index contributed by atoms with van der Waals surface area (Å²) in [6.45, 7) is 6.30. The fourth-order valence-electron chi connectivity index (χ4n) is 8.97. The second kappa shape index (κ2) is 6.99. The third-order valence-electron chi connectivity index (χ3n) is 10.9. The number of allylic oxidation sites excluding steroid dienone is 1. The first-order chi connectivity index (χ1) is 19.2. The number of hydrogen-bond acceptors (Lipinski definition) is 10. The summed E-state index contributed by atoms with van der Waals surface area (Å²) >= 11 is 0. The van der Waals surface area contributed by atoms with Gasteiger partial charge < -0.3 is 37.6 Å². The van der Waals surface area contributed by atoms with Crippen molar-refractivity contribution in [1.29, 1.82) is 0 Å². The number of furan rings is 2. The summed E-state index contributed by atoms with van der Waals surface area (Å²) < 4.78 is 41.9. The maximum atomic E-state index is 13.3. The van der Waals surface area contributed by atoms with E-state index >= 15 is 0 Å². The van der Waals surface area contributed by atoms with E-state index < -0.39 is 40.3 Å². The van der Waals surface area contributed by atoms with Crippen molar-refractivity contribution in [2.45, 2.75) is 81.3 Å². The molecule has 3 saturated heterocycles. The first-order valence-electron chi connectivity index (χ1n) is 13.9. The van der Waals surface area contributed by atoms with Crippen molar-refractivity contribution in [3.05, 3.63) is 65.2 Å². The second-order valence-corrected chi connectivity index (χ2v) is 12.6. The summed E-state index contributed by atoms with van der Waals surface area (Å²) in [5, 5.41) is 11.8. The smallest absolute Gasteiger partial charge is 0.379 e. The van der Waals surface area contributed by atoms with Crippen molar-refractivity contribution in [2.24, 2.45) is 17.3 Å². The van der Waals surface area contributed by atoms with Crippen LogP contribution in [0.1, 0.15) is 56.3 Å². The topological polar surface area (TPSA) is 137 Å².